The Balaban J connectivity index is 1.52. The first kappa shape index (κ1) is 27.3. The van der Waals surface area contributed by atoms with E-state index in [2.05, 4.69) is 20.5 Å². The maximum absolute atomic E-state index is 12.8. The van der Waals surface area contributed by atoms with E-state index in [0.29, 0.717) is 22.7 Å². The van der Waals surface area contributed by atoms with Crippen LogP contribution in [-0.4, -0.2) is 61.5 Å². The van der Waals surface area contributed by atoms with Gasteiger partial charge in [0.05, 0.1) is 42.2 Å². The van der Waals surface area contributed by atoms with E-state index in [4.69, 9.17) is 9.47 Å². The van der Waals surface area contributed by atoms with E-state index in [9.17, 15) is 29.9 Å². The van der Waals surface area contributed by atoms with Crippen molar-refractivity contribution in [3.05, 3.63) is 88.6 Å². The van der Waals surface area contributed by atoms with E-state index in [0.717, 1.165) is 0 Å². The molecule has 0 bridgehead atoms. The largest absolute Gasteiger partial charge is 0.493 e. The second-order valence-electron chi connectivity index (χ2n) is 8.39. The minimum absolute atomic E-state index is 0.0283. The number of carboxylic acid groups (broad SMARTS) is 2. The number of carbonyl (C=O) groups excluding carboxylic acids is 1. The van der Waals surface area contributed by atoms with Crippen LogP contribution in [0.2, 0.25) is 0 Å². The van der Waals surface area contributed by atoms with E-state index in [1.54, 1.807) is 30.0 Å². The van der Waals surface area contributed by atoms with Crippen LogP contribution in [-0.2, 0) is 6.42 Å². The fraction of sp³-hybridized carbons (Fsp3) is 0.148. The molecule has 0 aliphatic rings. The second kappa shape index (κ2) is 11.7. The van der Waals surface area contributed by atoms with Gasteiger partial charge in [-0.25, -0.2) is 14.6 Å². The number of carbonyl (C=O) groups is 3. The number of benzene rings is 2. The van der Waals surface area contributed by atoms with E-state index in [1.165, 1.54) is 43.8 Å². The topological polar surface area (TPSA) is 190 Å². The van der Waals surface area contributed by atoms with Gasteiger partial charge in [0.2, 0.25) is 0 Å². The van der Waals surface area contributed by atoms with Crippen LogP contribution in [0.5, 0.6) is 11.5 Å². The maximum atomic E-state index is 12.8. The van der Waals surface area contributed by atoms with Crippen LogP contribution in [0.1, 0.15) is 47.9 Å². The summed E-state index contributed by atoms with van der Waals surface area (Å²) in [5.74, 6) is -2.18. The van der Waals surface area contributed by atoms with E-state index < -0.39 is 17.8 Å². The van der Waals surface area contributed by atoms with Crippen molar-refractivity contribution in [2.45, 2.75) is 13.3 Å². The van der Waals surface area contributed by atoms with Crippen LogP contribution in [0, 0.1) is 18.3 Å². The number of aryl methyl sites for hydroxylation is 1. The summed E-state index contributed by atoms with van der Waals surface area (Å²) in [6.45, 7) is 1.65. The average Bonchev–Trinajstić information content (AvgIpc) is 3.48. The smallest absolute Gasteiger partial charge is 0.337 e. The van der Waals surface area contributed by atoms with Crippen molar-refractivity contribution in [1.82, 2.24) is 19.7 Å². The van der Waals surface area contributed by atoms with Gasteiger partial charge in [-0.2, -0.15) is 5.26 Å². The van der Waals surface area contributed by atoms with E-state index in [-0.39, 0.29) is 46.8 Å². The summed E-state index contributed by atoms with van der Waals surface area (Å²) in [5, 5.41) is 39.2. The van der Waals surface area contributed by atoms with Gasteiger partial charge in [0.15, 0.2) is 23.0 Å². The molecular formula is C27H22N6O7. The molecule has 40 heavy (non-hydrogen) atoms. The number of imidazole rings is 1. The molecule has 2 aromatic carbocycles. The van der Waals surface area contributed by atoms with Gasteiger partial charge in [0.1, 0.15) is 6.33 Å². The highest BCUT2D eigenvalue weighted by Gasteiger charge is 2.19. The Labute approximate surface area is 227 Å². The third-order valence-corrected chi connectivity index (χ3v) is 5.86. The zero-order chi connectivity index (χ0) is 28.8. The van der Waals surface area contributed by atoms with Gasteiger partial charge in [-0.3, -0.25) is 9.36 Å². The van der Waals surface area contributed by atoms with E-state index in [1.807, 2.05) is 6.07 Å². The second-order valence-corrected chi connectivity index (χ2v) is 8.39. The number of hydrogen-bond acceptors (Lipinski definition) is 9. The van der Waals surface area contributed by atoms with Gasteiger partial charge in [-0.15, -0.1) is 10.2 Å². The molecule has 1 amide bonds. The number of anilines is 1. The molecule has 13 heteroatoms. The zero-order valence-corrected chi connectivity index (χ0v) is 21.3. The van der Waals surface area contributed by atoms with Crippen molar-refractivity contribution in [2.75, 3.05) is 19.0 Å². The van der Waals surface area contributed by atoms with Crippen LogP contribution >= 0.6 is 0 Å². The predicted octanol–water partition coefficient (Wildman–Crippen LogP) is 3.12. The van der Waals surface area contributed by atoms with Crippen molar-refractivity contribution >= 4 is 23.5 Å². The zero-order valence-electron chi connectivity index (χ0n) is 21.3. The molecule has 4 aromatic rings. The summed E-state index contributed by atoms with van der Waals surface area (Å²) in [6, 6.07) is 10.4. The van der Waals surface area contributed by atoms with Crippen LogP contribution in [0.3, 0.4) is 0 Å². The van der Waals surface area contributed by atoms with Crippen molar-refractivity contribution < 1.29 is 34.1 Å². The molecule has 0 radical (unpaired) electrons. The van der Waals surface area contributed by atoms with Crippen molar-refractivity contribution in [3.63, 3.8) is 0 Å². The molecule has 0 saturated heterocycles. The third-order valence-electron chi connectivity index (χ3n) is 5.86. The number of amides is 1. The summed E-state index contributed by atoms with van der Waals surface area (Å²) < 4.78 is 12.6. The lowest BCUT2D eigenvalue weighted by atomic mass is 10.00. The van der Waals surface area contributed by atoms with Crippen LogP contribution in [0.4, 0.5) is 5.69 Å². The monoisotopic (exact) mass is 542 g/mol. The normalized spacial score (nSPS) is 10.4. The lowest BCUT2D eigenvalue weighted by Gasteiger charge is -2.15. The highest BCUT2D eigenvalue weighted by molar-refractivity contribution is 6.07. The van der Waals surface area contributed by atoms with Gasteiger partial charge in [0.25, 0.3) is 5.91 Å². The molecule has 2 heterocycles. The first-order valence-electron chi connectivity index (χ1n) is 11.7. The van der Waals surface area contributed by atoms with Crippen LogP contribution < -0.4 is 14.8 Å². The maximum Gasteiger partial charge on any atom is 0.337 e. The number of methoxy groups -OCH3 is 1. The predicted molar refractivity (Wildman–Crippen MR) is 139 cm³/mol. The number of nitrogens with zero attached hydrogens (tertiary/aromatic N) is 5. The number of nitriles is 1. The summed E-state index contributed by atoms with van der Waals surface area (Å²) in [7, 11) is 1.38. The van der Waals surface area contributed by atoms with Crippen molar-refractivity contribution in [3.8, 4) is 23.4 Å². The Kier molecular flexibility index (Phi) is 8.00. The average molecular weight is 543 g/mol. The molecule has 0 unspecified atom stereocenters. The van der Waals surface area contributed by atoms with Gasteiger partial charge < -0.3 is 25.0 Å². The van der Waals surface area contributed by atoms with E-state index >= 15 is 0 Å². The Morgan fingerprint density at radius 1 is 1.05 bits per heavy atom. The molecule has 4 rings (SSSR count). The lowest BCUT2D eigenvalue weighted by molar-refractivity contribution is 0.0685. The van der Waals surface area contributed by atoms with Crippen molar-refractivity contribution in [2.24, 2.45) is 0 Å². The summed E-state index contributed by atoms with van der Waals surface area (Å²) >= 11 is 0. The number of aromatic nitrogens is 4. The first-order valence-corrected chi connectivity index (χ1v) is 11.7. The summed E-state index contributed by atoms with van der Waals surface area (Å²) in [4.78, 5) is 40.1. The van der Waals surface area contributed by atoms with Crippen LogP contribution in [0.15, 0.2) is 55.1 Å². The number of aromatic carboxylic acids is 2. The third kappa shape index (κ3) is 5.86. The molecule has 0 saturated carbocycles. The number of hydrogen-bond donors (Lipinski definition) is 3. The van der Waals surface area contributed by atoms with Gasteiger partial charge in [-0.05, 0) is 54.4 Å². The molecule has 0 aliphatic heterocycles. The first-order chi connectivity index (χ1) is 19.2. The standard InChI is InChI=1S/C27H22N6O7/c1-15-9-23(22(39-2)12-18(15)26(35)36)40-8-5-16-10-19(27(37)38)21(11-17(16)13-28)30-25(34)20-3-4-24(32-31-20)33-7-6-29-14-33/h3-4,6-7,9-12,14H,5,8H2,1-2H3,(H,30,34)(H,35,36)(H,37,38). The number of ether oxygens (including phenoxy) is 2. The molecule has 0 aliphatic carbocycles. The minimum atomic E-state index is -1.31. The summed E-state index contributed by atoms with van der Waals surface area (Å²) in [5.41, 5.74) is 0.671. The van der Waals surface area contributed by atoms with Crippen molar-refractivity contribution in [1.29, 1.82) is 5.26 Å². The molecule has 0 fully saturated rings. The number of nitrogens with one attached hydrogen (secondary N) is 1. The fourth-order valence-corrected chi connectivity index (χ4v) is 3.84. The quantitative estimate of drug-likeness (QED) is 0.267. The number of rotatable bonds is 10. The molecule has 202 valence electrons. The Bertz CT molecular complexity index is 1630. The Morgan fingerprint density at radius 2 is 1.82 bits per heavy atom. The Morgan fingerprint density at radius 3 is 2.42 bits per heavy atom. The molecule has 0 atom stereocenters. The molecule has 3 N–H and O–H groups in total. The van der Waals surface area contributed by atoms with Gasteiger partial charge in [-0.1, -0.05) is 0 Å². The highest BCUT2D eigenvalue weighted by Crippen LogP contribution is 2.31. The molecule has 2 aromatic heterocycles. The van der Waals surface area contributed by atoms with Gasteiger partial charge in [0, 0.05) is 18.8 Å². The van der Waals surface area contributed by atoms with Gasteiger partial charge >= 0.3 is 11.9 Å². The molecule has 13 nitrogen and oxygen atoms in total. The molecule has 0 spiro atoms. The molecular weight excluding hydrogens is 520 g/mol. The lowest BCUT2D eigenvalue weighted by Crippen LogP contribution is -2.18. The Hall–Kier alpha value is -5.77. The minimum Gasteiger partial charge on any atom is -0.493 e. The van der Waals surface area contributed by atoms with Crippen LogP contribution in [0.25, 0.3) is 5.82 Å². The fourth-order valence-electron chi connectivity index (χ4n) is 3.84. The SMILES string of the molecule is COc1cc(C(=O)O)c(C)cc1OCCc1cc(C(=O)O)c(NC(=O)c2ccc(-n3ccnc3)nn2)cc1C#N. The highest BCUT2D eigenvalue weighted by atomic mass is 16.5. The number of carboxylic acids is 2. The summed E-state index contributed by atoms with van der Waals surface area (Å²) in [6.07, 6.45) is 4.88.